The van der Waals surface area contributed by atoms with Crippen LogP contribution in [-0.4, -0.2) is 37.5 Å². The molecule has 2 heterocycles. The molecule has 4 aromatic rings. The summed E-state index contributed by atoms with van der Waals surface area (Å²) in [7, 11) is -4.48. The first-order valence-corrected chi connectivity index (χ1v) is 13.7. The number of sulfonamides is 1. The number of alkyl halides is 3. The Labute approximate surface area is 226 Å². The van der Waals surface area contributed by atoms with Crippen LogP contribution in [0.15, 0.2) is 76.4 Å². The van der Waals surface area contributed by atoms with Crippen LogP contribution in [0.1, 0.15) is 16.7 Å². The Hall–Kier alpha value is -3.54. The number of rotatable bonds is 7. The van der Waals surface area contributed by atoms with Crippen LogP contribution < -0.4 is 15.0 Å². The molecule has 5 rings (SSSR count). The lowest BCUT2D eigenvalue weighted by atomic mass is 10.1. The number of hydrogen-bond acceptors (Lipinski definition) is 5. The second-order valence-electron chi connectivity index (χ2n) is 8.92. The molecular weight excluding hydrogens is 557 g/mol. The van der Waals surface area contributed by atoms with Crippen LogP contribution in [0.4, 0.5) is 13.2 Å². The number of nitrogens with zero attached hydrogens (tertiary/aromatic N) is 1. The van der Waals surface area contributed by atoms with Crippen molar-refractivity contribution in [1.29, 1.82) is 0 Å². The van der Waals surface area contributed by atoms with Crippen molar-refractivity contribution in [3.63, 3.8) is 0 Å². The van der Waals surface area contributed by atoms with Crippen LogP contribution in [0.5, 0.6) is 11.5 Å². The molecule has 0 bridgehead atoms. The number of halogens is 4. The van der Waals surface area contributed by atoms with E-state index in [1.807, 2.05) is 18.2 Å². The zero-order chi connectivity index (χ0) is 27.8. The molecule has 0 saturated heterocycles. The molecule has 12 heteroatoms. The Morgan fingerprint density at radius 2 is 1.64 bits per heavy atom. The second kappa shape index (κ2) is 10.6. The van der Waals surface area contributed by atoms with Crippen LogP contribution in [0.3, 0.4) is 0 Å². The van der Waals surface area contributed by atoms with Crippen molar-refractivity contribution in [3.05, 3.63) is 98.8 Å². The molecular formula is C27H22ClF3N2O5S. The fraction of sp³-hybridized carbons (Fsp3) is 0.222. The van der Waals surface area contributed by atoms with Gasteiger partial charge in [-0.2, -0.15) is 17.5 Å². The first-order chi connectivity index (χ1) is 18.5. The van der Waals surface area contributed by atoms with E-state index < -0.39 is 37.2 Å². The van der Waals surface area contributed by atoms with E-state index in [0.717, 1.165) is 22.0 Å². The highest BCUT2D eigenvalue weighted by atomic mass is 35.5. The first kappa shape index (κ1) is 27.0. The van der Waals surface area contributed by atoms with E-state index in [9.17, 15) is 26.4 Å². The van der Waals surface area contributed by atoms with Crippen molar-refractivity contribution in [2.75, 3.05) is 19.8 Å². The molecule has 0 spiro atoms. The Morgan fingerprint density at radius 1 is 0.949 bits per heavy atom. The van der Waals surface area contributed by atoms with Gasteiger partial charge >= 0.3 is 6.18 Å². The predicted molar refractivity (Wildman–Crippen MR) is 140 cm³/mol. The third kappa shape index (κ3) is 5.75. The van der Waals surface area contributed by atoms with E-state index in [-0.39, 0.29) is 25.1 Å². The van der Waals surface area contributed by atoms with E-state index in [2.05, 4.69) is 4.98 Å². The molecule has 3 aromatic carbocycles. The van der Waals surface area contributed by atoms with E-state index >= 15 is 0 Å². The van der Waals surface area contributed by atoms with Crippen molar-refractivity contribution < 1.29 is 31.1 Å². The topological polar surface area (TPSA) is 88.7 Å². The molecule has 0 aliphatic carbocycles. The number of fused-ring (bicyclic) bond motifs is 2. The summed E-state index contributed by atoms with van der Waals surface area (Å²) in [4.78, 5) is 15.1. The number of aromatic amines is 1. The van der Waals surface area contributed by atoms with Gasteiger partial charge in [0.25, 0.3) is 5.56 Å². The highest BCUT2D eigenvalue weighted by Crippen LogP contribution is 2.37. The number of nitrogens with one attached hydrogen (secondary N) is 1. The summed E-state index contributed by atoms with van der Waals surface area (Å²) >= 11 is 5.72. The molecule has 39 heavy (non-hydrogen) atoms. The summed E-state index contributed by atoms with van der Waals surface area (Å²) in [5.41, 5.74) is -0.393. The van der Waals surface area contributed by atoms with Gasteiger partial charge in [0.1, 0.15) is 13.2 Å². The van der Waals surface area contributed by atoms with Gasteiger partial charge in [-0.3, -0.25) is 4.79 Å². The lowest BCUT2D eigenvalue weighted by Gasteiger charge is -2.23. The summed E-state index contributed by atoms with van der Waals surface area (Å²) < 4.78 is 80.0. The Kier molecular flexibility index (Phi) is 7.32. The molecule has 0 amide bonds. The van der Waals surface area contributed by atoms with Crippen molar-refractivity contribution >= 4 is 32.5 Å². The fourth-order valence-corrected chi connectivity index (χ4v) is 5.98. The van der Waals surface area contributed by atoms with Gasteiger partial charge in [0.05, 0.1) is 21.0 Å². The van der Waals surface area contributed by atoms with Crippen LogP contribution in [0.2, 0.25) is 5.02 Å². The van der Waals surface area contributed by atoms with Crippen molar-refractivity contribution in [2.24, 2.45) is 0 Å². The van der Waals surface area contributed by atoms with Gasteiger partial charge in [0.2, 0.25) is 10.0 Å². The number of hydrogen-bond donors (Lipinski definition) is 1. The smallest absolute Gasteiger partial charge is 0.417 e. The predicted octanol–water partition coefficient (Wildman–Crippen LogP) is 5.41. The van der Waals surface area contributed by atoms with Crippen LogP contribution in [0.25, 0.3) is 10.9 Å². The quantitative estimate of drug-likeness (QED) is 0.317. The minimum atomic E-state index is -4.85. The maximum atomic E-state index is 13.7. The maximum absolute atomic E-state index is 13.7. The van der Waals surface area contributed by atoms with E-state index in [0.29, 0.717) is 41.7 Å². The van der Waals surface area contributed by atoms with Gasteiger partial charge in [-0.15, -0.1) is 0 Å². The fourth-order valence-electron chi connectivity index (χ4n) is 4.31. The Morgan fingerprint density at radius 3 is 2.33 bits per heavy atom. The van der Waals surface area contributed by atoms with Crippen LogP contribution in [0, 0.1) is 0 Å². The van der Waals surface area contributed by atoms with Crippen molar-refractivity contribution in [2.45, 2.75) is 24.0 Å². The number of ether oxygens (including phenoxy) is 2. The van der Waals surface area contributed by atoms with Crippen LogP contribution >= 0.6 is 11.6 Å². The summed E-state index contributed by atoms with van der Waals surface area (Å²) in [6.45, 7) is 0.269. The monoisotopic (exact) mass is 578 g/mol. The Balaban J connectivity index is 1.54. The van der Waals surface area contributed by atoms with E-state index in [4.69, 9.17) is 21.1 Å². The third-order valence-corrected chi connectivity index (χ3v) is 8.48. The minimum Gasteiger partial charge on any atom is -0.486 e. The summed E-state index contributed by atoms with van der Waals surface area (Å²) in [6, 6.07) is 16.3. The molecule has 1 aliphatic heterocycles. The molecule has 1 N–H and O–H groups in total. The molecule has 0 fully saturated rings. The van der Waals surface area contributed by atoms with E-state index in [1.165, 1.54) is 0 Å². The maximum Gasteiger partial charge on any atom is 0.417 e. The van der Waals surface area contributed by atoms with Gasteiger partial charge in [-0.05, 0) is 42.3 Å². The summed E-state index contributed by atoms with van der Waals surface area (Å²) in [6.07, 6.45) is -4.58. The molecule has 0 saturated carbocycles. The number of H-pyrrole nitrogens is 1. The lowest BCUT2D eigenvalue weighted by Crippen LogP contribution is -2.34. The molecule has 0 unspecified atom stereocenters. The van der Waals surface area contributed by atoms with Gasteiger partial charge in [-0.25, -0.2) is 8.42 Å². The van der Waals surface area contributed by atoms with Gasteiger partial charge in [0.15, 0.2) is 11.5 Å². The average Bonchev–Trinajstić information content (AvgIpc) is 2.90. The molecule has 0 radical (unpaired) electrons. The zero-order valence-corrected chi connectivity index (χ0v) is 21.9. The minimum absolute atomic E-state index is 0.0884. The SMILES string of the molecule is O=c1[nH]c2cc3c(cc2cc1CN(CCc1ccccc1)S(=O)(=O)c1ccc(Cl)c(C(F)(F)F)c1)OCCO3. The standard InChI is InChI=1S/C27H22ClF3N2O5S/c28-22-7-6-20(14-21(22)27(29,30)31)39(35,36)33(9-8-17-4-2-1-3-5-17)16-19-12-18-13-24-25(38-11-10-37-24)15-23(18)32-26(19)34/h1-7,12-15H,8-11,16H2,(H,32,34). The van der Waals surface area contributed by atoms with Gasteiger partial charge in [-0.1, -0.05) is 41.9 Å². The number of pyridine rings is 1. The molecule has 204 valence electrons. The highest BCUT2D eigenvalue weighted by molar-refractivity contribution is 7.89. The second-order valence-corrected chi connectivity index (χ2v) is 11.3. The van der Waals surface area contributed by atoms with Crippen molar-refractivity contribution in [1.82, 2.24) is 9.29 Å². The third-order valence-electron chi connectivity index (χ3n) is 6.30. The van der Waals surface area contributed by atoms with Gasteiger partial charge < -0.3 is 14.5 Å². The highest BCUT2D eigenvalue weighted by Gasteiger charge is 2.35. The van der Waals surface area contributed by atoms with Crippen molar-refractivity contribution in [3.8, 4) is 11.5 Å². The number of benzene rings is 3. The first-order valence-electron chi connectivity index (χ1n) is 11.9. The van der Waals surface area contributed by atoms with E-state index in [1.54, 1.807) is 30.3 Å². The Bertz CT molecular complexity index is 1690. The molecule has 1 aliphatic rings. The summed E-state index contributed by atoms with van der Waals surface area (Å²) in [5, 5.41) is -0.0297. The number of aromatic nitrogens is 1. The average molecular weight is 579 g/mol. The largest absolute Gasteiger partial charge is 0.486 e. The molecule has 1 aromatic heterocycles. The summed E-state index contributed by atoms with van der Waals surface area (Å²) in [5.74, 6) is 0.966. The molecule has 0 atom stereocenters. The molecule has 7 nitrogen and oxygen atoms in total. The normalized spacial score (nSPS) is 13.7. The van der Waals surface area contributed by atoms with Gasteiger partial charge in [0, 0.05) is 30.1 Å². The zero-order valence-electron chi connectivity index (χ0n) is 20.3. The lowest BCUT2D eigenvalue weighted by molar-refractivity contribution is -0.137. The van der Waals surface area contributed by atoms with Crippen LogP contribution in [-0.2, 0) is 29.2 Å².